The molecule has 0 saturated carbocycles. The van der Waals surface area contributed by atoms with Gasteiger partial charge >= 0.3 is 0 Å². The topological polar surface area (TPSA) is 70.9 Å². The van der Waals surface area contributed by atoms with E-state index in [1.165, 1.54) is 6.07 Å². The van der Waals surface area contributed by atoms with Gasteiger partial charge in [0.1, 0.15) is 0 Å². The molecule has 7 heteroatoms. The zero-order valence-electron chi connectivity index (χ0n) is 11.5. The molecule has 1 amide bonds. The van der Waals surface area contributed by atoms with Gasteiger partial charge in [-0.05, 0) is 30.2 Å². The van der Waals surface area contributed by atoms with Crippen LogP contribution in [0.2, 0.25) is 5.02 Å². The van der Waals surface area contributed by atoms with Crippen molar-refractivity contribution < 1.29 is 9.32 Å². The number of nitrogens with one attached hydrogen (secondary N) is 2. The summed E-state index contributed by atoms with van der Waals surface area (Å²) >= 11 is 11.6. The van der Waals surface area contributed by atoms with E-state index in [1.54, 1.807) is 0 Å². The lowest BCUT2D eigenvalue weighted by Gasteiger charge is -2.02. The zero-order valence-corrected chi connectivity index (χ0v) is 13.0. The van der Waals surface area contributed by atoms with Crippen molar-refractivity contribution in [2.24, 2.45) is 0 Å². The monoisotopic (exact) mass is 337 g/mol. The Morgan fingerprint density at radius 3 is 3.00 bits per heavy atom. The highest BCUT2D eigenvalue weighted by atomic mass is 35.5. The number of hydrogen-bond acceptors (Lipinski definition) is 3. The summed E-state index contributed by atoms with van der Waals surface area (Å²) in [5.74, 6) is 0.382. The van der Waals surface area contributed by atoms with Gasteiger partial charge in [0.05, 0.1) is 5.88 Å². The fourth-order valence-electron chi connectivity index (χ4n) is 2.24. The fourth-order valence-corrected chi connectivity index (χ4v) is 2.54. The van der Waals surface area contributed by atoms with Crippen LogP contribution in [0.15, 0.2) is 35.0 Å². The number of fused-ring (bicyclic) bond motifs is 1. The van der Waals surface area contributed by atoms with Gasteiger partial charge in [0.25, 0.3) is 5.91 Å². The van der Waals surface area contributed by atoms with Crippen LogP contribution in [-0.4, -0.2) is 22.6 Å². The van der Waals surface area contributed by atoms with Gasteiger partial charge in [-0.25, -0.2) is 0 Å². The van der Waals surface area contributed by atoms with E-state index < -0.39 is 0 Å². The number of alkyl halides is 1. The number of rotatable bonds is 5. The second-order valence-corrected chi connectivity index (χ2v) is 5.53. The van der Waals surface area contributed by atoms with Crippen LogP contribution in [0.5, 0.6) is 0 Å². The van der Waals surface area contributed by atoms with Crippen molar-refractivity contribution in [3.8, 4) is 0 Å². The van der Waals surface area contributed by atoms with Crippen molar-refractivity contribution in [2.75, 3.05) is 6.54 Å². The number of benzene rings is 1. The molecule has 3 aromatic rings. The maximum Gasteiger partial charge on any atom is 0.273 e. The summed E-state index contributed by atoms with van der Waals surface area (Å²) < 4.78 is 4.90. The number of amides is 1. The van der Waals surface area contributed by atoms with Crippen molar-refractivity contribution >= 4 is 40.0 Å². The van der Waals surface area contributed by atoms with Crippen LogP contribution in [0.3, 0.4) is 0 Å². The van der Waals surface area contributed by atoms with Gasteiger partial charge < -0.3 is 14.8 Å². The van der Waals surface area contributed by atoms with E-state index >= 15 is 0 Å². The molecule has 22 heavy (non-hydrogen) atoms. The SMILES string of the molecule is O=C(NCCc1c[nH]c2ccc(Cl)cc12)c1cc(CCl)on1. The fraction of sp³-hybridized carbons (Fsp3) is 0.200. The molecule has 0 radical (unpaired) electrons. The van der Waals surface area contributed by atoms with Gasteiger partial charge in [-0.2, -0.15) is 0 Å². The Bertz CT molecular complexity index is 810. The summed E-state index contributed by atoms with van der Waals surface area (Å²) in [5, 5.41) is 8.22. The van der Waals surface area contributed by atoms with Gasteiger partial charge in [-0.1, -0.05) is 16.8 Å². The van der Waals surface area contributed by atoms with E-state index in [9.17, 15) is 4.79 Å². The molecule has 3 rings (SSSR count). The van der Waals surface area contributed by atoms with Crippen molar-refractivity contribution in [3.63, 3.8) is 0 Å². The van der Waals surface area contributed by atoms with E-state index in [4.69, 9.17) is 27.7 Å². The van der Waals surface area contributed by atoms with Crippen LogP contribution in [0.1, 0.15) is 21.8 Å². The first kappa shape index (κ1) is 14.9. The molecule has 0 unspecified atom stereocenters. The van der Waals surface area contributed by atoms with Gasteiger partial charge in [-0.3, -0.25) is 4.79 Å². The highest BCUT2D eigenvalue weighted by molar-refractivity contribution is 6.31. The lowest BCUT2D eigenvalue weighted by molar-refractivity contribution is 0.0945. The summed E-state index contributed by atoms with van der Waals surface area (Å²) in [6, 6.07) is 7.22. The molecular weight excluding hydrogens is 325 g/mol. The van der Waals surface area contributed by atoms with Crippen LogP contribution in [0, 0.1) is 0 Å². The highest BCUT2D eigenvalue weighted by Gasteiger charge is 2.12. The Morgan fingerprint density at radius 1 is 1.36 bits per heavy atom. The van der Waals surface area contributed by atoms with E-state index in [2.05, 4.69) is 15.5 Å². The molecule has 0 saturated heterocycles. The Kier molecular flexibility index (Phi) is 4.36. The van der Waals surface area contributed by atoms with Crippen LogP contribution in [0.4, 0.5) is 0 Å². The van der Waals surface area contributed by atoms with Crippen LogP contribution in [-0.2, 0) is 12.3 Å². The third-order valence-electron chi connectivity index (χ3n) is 3.33. The number of nitrogens with zero attached hydrogens (tertiary/aromatic N) is 1. The Labute approximate surface area is 136 Å². The normalized spacial score (nSPS) is 11.0. The van der Waals surface area contributed by atoms with Crippen molar-refractivity contribution in [1.29, 1.82) is 0 Å². The van der Waals surface area contributed by atoms with Gasteiger partial charge in [-0.15, -0.1) is 11.6 Å². The predicted molar refractivity (Wildman–Crippen MR) is 85.4 cm³/mol. The van der Waals surface area contributed by atoms with E-state index in [0.717, 1.165) is 16.5 Å². The first-order valence-electron chi connectivity index (χ1n) is 6.72. The largest absolute Gasteiger partial charge is 0.361 e. The molecule has 2 heterocycles. The quantitative estimate of drug-likeness (QED) is 0.699. The van der Waals surface area contributed by atoms with Crippen molar-refractivity contribution in [2.45, 2.75) is 12.3 Å². The molecule has 0 aliphatic heterocycles. The lowest BCUT2D eigenvalue weighted by atomic mass is 10.1. The summed E-state index contributed by atoms with van der Waals surface area (Å²) in [5.41, 5.74) is 2.35. The predicted octanol–water partition coefficient (Wildman–Crippen LogP) is 3.52. The zero-order chi connectivity index (χ0) is 15.5. The average Bonchev–Trinajstić information content (AvgIpc) is 3.14. The van der Waals surface area contributed by atoms with E-state index in [1.807, 2.05) is 24.4 Å². The number of carbonyl (C=O) groups is 1. The molecule has 1 aromatic carbocycles. The van der Waals surface area contributed by atoms with Crippen LogP contribution < -0.4 is 5.32 Å². The number of hydrogen-bond donors (Lipinski definition) is 2. The molecule has 0 spiro atoms. The first-order chi connectivity index (χ1) is 10.7. The average molecular weight is 338 g/mol. The number of halogens is 2. The van der Waals surface area contributed by atoms with Crippen LogP contribution >= 0.6 is 23.2 Å². The van der Waals surface area contributed by atoms with Crippen LogP contribution in [0.25, 0.3) is 10.9 Å². The lowest BCUT2D eigenvalue weighted by Crippen LogP contribution is -2.25. The summed E-state index contributed by atoms with van der Waals surface area (Å²) in [4.78, 5) is 15.1. The third kappa shape index (κ3) is 3.10. The molecule has 2 N–H and O–H groups in total. The Balaban J connectivity index is 1.62. The molecule has 0 fully saturated rings. The van der Waals surface area contributed by atoms with Crippen molar-refractivity contribution in [3.05, 3.63) is 52.5 Å². The minimum atomic E-state index is -0.280. The molecule has 2 aromatic heterocycles. The number of aromatic amines is 1. The number of H-pyrrole nitrogens is 1. The Morgan fingerprint density at radius 2 is 2.23 bits per heavy atom. The second kappa shape index (κ2) is 6.42. The molecule has 114 valence electrons. The number of aromatic nitrogens is 2. The van der Waals surface area contributed by atoms with E-state index in [0.29, 0.717) is 23.7 Å². The van der Waals surface area contributed by atoms with Gasteiger partial charge in [0.15, 0.2) is 11.5 Å². The van der Waals surface area contributed by atoms with E-state index in [-0.39, 0.29) is 17.5 Å². The standard InChI is InChI=1S/C15H13Cl2N3O2/c16-7-11-6-14(20-22-11)15(21)18-4-3-9-8-19-13-2-1-10(17)5-12(9)13/h1-2,5-6,8,19H,3-4,7H2,(H,18,21). The van der Waals surface area contributed by atoms with Gasteiger partial charge in [0, 0.05) is 34.7 Å². The van der Waals surface area contributed by atoms with Gasteiger partial charge in [0.2, 0.25) is 0 Å². The summed E-state index contributed by atoms with van der Waals surface area (Å²) in [7, 11) is 0. The Hall–Kier alpha value is -1.98. The smallest absolute Gasteiger partial charge is 0.273 e. The molecule has 0 aliphatic rings. The molecule has 0 aliphatic carbocycles. The maximum absolute atomic E-state index is 11.9. The maximum atomic E-state index is 11.9. The minimum Gasteiger partial charge on any atom is -0.361 e. The summed E-state index contributed by atoms with van der Waals surface area (Å²) in [6.45, 7) is 0.487. The highest BCUT2D eigenvalue weighted by Crippen LogP contribution is 2.22. The number of carbonyl (C=O) groups excluding carboxylic acids is 1. The van der Waals surface area contributed by atoms with Crippen molar-refractivity contribution in [1.82, 2.24) is 15.5 Å². The minimum absolute atomic E-state index is 0.191. The third-order valence-corrected chi connectivity index (χ3v) is 3.83. The molecule has 0 bridgehead atoms. The second-order valence-electron chi connectivity index (χ2n) is 4.82. The summed E-state index contributed by atoms with van der Waals surface area (Å²) in [6.07, 6.45) is 2.61. The molecule has 5 nitrogen and oxygen atoms in total. The molecular formula is C15H13Cl2N3O2. The molecule has 0 atom stereocenters. The first-order valence-corrected chi connectivity index (χ1v) is 7.64.